The lowest BCUT2D eigenvalue weighted by atomic mass is 10.2. The van der Waals surface area contributed by atoms with Crippen molar-refractivity contribution in [3.8, 4) is 0 Å². The Balaban J connectivity index is 2.06. The minimum Gasteiger partial charge on any atom is -0.347 e. The Morgan fingerprint density at radius 1 is 1.07 bits per heavy atom. The Bertz CT molecular complexity index is 301. The van der Waals surface area contributed by atoms with E-state index in [-0.39, 0.29) is 0 Å². The van der Waals surface area contributed by atoms with Crippen molar-refractivity contribution in [2.45, 2.75) is 45.4 Å². The lowest BCUT2D eigenvalue weighted by Crippen LogP contribution is -2.23. The van der Waals surface area contributed by atoms with Gasteiger partial charge < -0.3 is 4.90 Å². The van der Waals surface area contributed by atoms with E-state index in [1.54, 1.807) is 11.3 Å². The molecule has 0 aromatic carbocycles. The maximum absolute atomic E-state index is 4.30. The summed E-state index contributed by atoms with van der Waals surface area (Å²) in [5.74, 6) is 0.503. The van der Waals surface area contributed by atoms with Gasteiger partial charge in [0.2, 0.25) is 5.13 Å². The summed E-state index contributed by atoms with van der Waals surface area (Å²) in [6, 6.07) is 0. The second-order valence-electron chi connectivity index (χ2n) is 4.48. The molecule has 84 valence electrons. The van der Waals surface area contributed by atoms with Crippen LogP contribution in [0.1, 0.15) is 50.5 Å². The van der Waals surface area contributed by atoms with E-state index < -0.39 is 0 Å². The van der Waals surface area contributed by atoms with Gasteiger partial charge in [0.15, 0.2) is 0 Å². The molecular weight excluding hydrogens is 206 g/mol. The number of rotatable bonds is 2. The van der Waals surface area contributed by atoms with Crippen LogP contribution in [0.25, 0.3) is 0 Å². The molecule has 2 heterocycles. The zero-order chi connectivity index (χ0) is 10.7. The van der Waals surface area contributed by atoms with E-state index >= 15 is 0 Å². The molecule has 1 saturated heterocycles. The molecule has 4 heteroatoms. The lowest BCUT2D eigenvalue weighted by Gasteiger charge is -2.17. The molecule has 1 fully saturated rings. The first-order chi connectivity index (χ1) is 7.27. The Kier molecular flexibility index (Phi) is 3.57. The molecule has 1 aliphatic rings. The average molecular weight is 225 g/mol. The van der Waals surface area contributed by atoms with E-state index in [4.69, 9.17) is 0 Å². The van der Waals surface area contributed by atoms with Gasteiger partial charge in [-0.2, -0.15) is 0 Å². The summed E-state index contributed by atoms with van der Waals surface area (Å²) in [4.78, 5) is 2.40. The maximum Gasteiger partial charge on any atom is 0.208 e. The van der Waals surface area contributed by atoms with E-state index in [2.05, 4.69) is 28.9 Å². The first-order valence-electron chi connectivity index (χ1n) is 5.85. The zero-order valence-electron chi connectivity index (χ0n) is 9.57. The average Bonchev–Trinajstić information content (AvgIpc) is 2.55. The summed E-state index contributed by atoms with van der Waals surface area (Å²) in [7, 11) is 0. The molecule has 15 heavy (non-hydrogen) atoms. The molecule has 1 aromatic rings. The van der Waals surface area contributed by atoms with E-state index in [0.29, 0.717) is 5.92 Å². The third-order valence-electron chi connectivity index (χ3n) is 2.80. The fourth-order valence-corrected chi connectivity index (χ4v) is 2.75. The fourth-order valence-electron chi connectivity index (χ4n) is 1.85. The summed E-state index contributed by atoms with van der Waals surface area (Å²) < 4.78 is 0. The summed E-state index contributed by atoms with van der Waals surface area (Å²) >= 11 is 1.76. The predicted octanol–water partition coefficient (Wildman–Crippen LogP) is 3.04. The first kappa shape index (κ1) is 10.9. The molecule has 0 aliphatic carbocycles. The van der Waals surface area contributed by atoms with Crippen LogP contribution in [0.2, 0.25) is 0 Å². The third kappa shape index (κ3) is 2.68. The van der Waals surface area contributed by atoms with Crippen molar-refractivity contribution in [1.82, 2.24) is 10.2 Å². The zero-order valence-corrected chi connectivity index (χ0v) is 10.4. The van der Waals surface area contributed by atoms with Crippen molar-refractivity contribution in [2.24, 2.45) is 0 Å². The monoisotopic (exact) mass is 225 g/mol. The van der Waals surface area contributed by atoms with Crippen LogP contribution in [0.3, 0.4) is 0 Å². The van der Waals surface area contributed by atoms with Gasteiger partial charge in [-0.1, -0.05) is 38.0 Å². The molecule has 0 atom stereocenters. The molecule has 1 aromatic heterocycles. The Morgan fingerprint density at radius 2 is 1.73 bits per heavy atom. The van der Waals surface area contributed by atoms with E-state index in [1.165, 1.54) is 25.7 Å². The van der Waals surface area contributed by atoms with Crippen molar-refractivity contribution in [3.63, 3.8) is 0 Å². The highest BCUT2D eigenvalue weighted by Crippen LogP contribution is 2.27. The van der Waals surface area contributed by atoms with E-state index in [9.17, 15) is 0 Å². The molecule has 0 N–H and O–H groups in total. The third-order valence-corrected chi connectivity index (χ3v) is 4.09. The molecule has 0 amide bonds. The summed E-state index contributed by atoms with van der Waals surface area (Å²) in [6.45, 7) is 6.67. The van der Waals surface area contributed by atoms with Crippen molar-refractivity contribution in [2.75, 3.05) is 18.0 Å². The molecular formula is C11H19N3S. The van der Waals surface area contributed by atoms with Gasteiger partial charge in [-0.25, -0.2) is 0 Å². The van der Waals surface area contributed by atoms with Crippen molar-refractivity contribution in [1.29, 1.82) is 0 Å². The Morgan fingerprint density at radius 3 is 2.27 bits per heavy atom. The van der Waals surface area contributed by atoms with Gasteiger partial charge in [0.1, 0.15) is 5.01 Å². The van der Waals surface area contributed by atoms with Crippen LogP contribution >= 0.6 is 11.3 Å². The quantitative estimate of drug-likeness (QED) is 0.774. The fraction of sp³-hybridized carbons (Fsp3) is 0.818. The second kappa shape index (κ2) is 4.92. The van der Waals surface area contributed by atoms with Crippen LogP contribution < -0.4 is 4.90 Å². The minimum absolute atomic E-state index is 0.503. The van der Waals surface area contributed by atoms with Gasteiger partial charge in [-0.15, -0.1) is 10.2 Å². The van der Waals surface area contributed by atoms with E-state index in [1.807, 2.05) is 0 Å². The number of hydrogen-bond acceptors (Lipinski definition) is 4. The molecule has 0 spiro atoms. The van der Waals surface area contributed by atoms with Crippen LogP contribution in [-0.2, 0) is 0 Å². The van der Waals surface area contributed by atoms with Gasteiger partial charge in [-0.05, 0) is 12.8 Å². The van der Waals surface area contributed by atoms with Crippen LogP contribution in [0.4, 0.5) is 5.13 Å². The highest BCUT2D eigenvalue weighted by Gasteiger charge is 2.15. The standard InChI is InChI=1S/C11H19N3S/c1-9(2)10-12-13-11(15-10)14-7-5-3-4-6-8-14/h9H,3-8H2,1-2H3. The number of hydrogen-bond donors (Lipinski definition) is 0. The summed E-state index contributed by atoms with van der Waals surface area (Å²) in [5.41, 5.74) is 0. The van der Waals surface area contributed by atoms with Gasteiger partial charge in [0.25, 0.3) is 0 Å². The molecule has 0 unspecified atom stereocenters. The largest absolute Gasteiger partial charge is 0.347 e. The maximum atomic E-state index is 4.30. The SMILES string of the molecule is CC(C)c1nnc(N2CCCCCC2)s1. The number of aromatic nitrogens is 2. The number of nitrogens with zero attached hydrogens (tertiary/aromatic N) is 3. The molecule has 2 rings (SSSR count). The minimum atomic E-state index is 0.503. The Hall–Kier alpha value is -0.640. The normalized spacial score (nSPS) is 18.2. The highest BCUT2D eigenvalue weighted by atomic mass is 32.1. The molecule has 0 radical (unpaired) electrons. The van der Waals surface area contributed by atoms with Gasteiger partial charge in [-0.3, -0.25) is 0 Å². The summed E-state index contributed by atoms with van der Waals surface area (Å²) in [6.07, 6.45) is 5.34. The predicted molar refractivity (Wildman–Crippen MR) is 64.7 cm³/mol. The smallest absolute Gasteiger partial charge is 0.208 e. The highest BCUT2D eigenvalue weighted by molar-refractivity contribution is 7.15. The molecule has 3 nitrogen and oxygen atoms in total. The Labute approximate surface area is 95.5 Å². The first-order valence-corrected chi connectivity index (χ1v) is 6.67. The van der Waals surface area contributed by atoms with Crippen LogP contribution in [0, 0.1) is 0 Å². The topological polar surface area (TPSA) is 29.0 Å². The van der Waals surface area contributed by atoms with Crippen molar-refractivity contribution < 1.29 is 0 Å². The molecule has 0 saturated carbocycles. The number of anilines is 1. The van der Waals surface area contributed by atoms with Crippen LogP contribution in [0.5, 0.6) is 0 Å². The van der Waals surface area contributed by atoms with Gasteiger partial charge in [0, 0.05) is 19.0 Å². The molecule has 1 aliphatic heterocycles. The van der Waals surface area contributed by atoms with Gasteiger partial charge >= 0.3 is 0 Å². The second-order valence-corrected chi connectivity index (χ2v) is 5.47. The van der Waals surface area contributed by atoms with Crippen molar-refractivity contribution in [3.05, 3.63) is 5.01 Å². The lowest BCUT2D eigenvalue weighted by molar-refractivity contribution is 0.726. The van der Waals surface area contributed by atoms with Crippen LogP contribution in [0.15, 0.2) is 0 Å². The van der Waals surface area contributed by atoms with Gasteiger partial charge in [0.05, 0.1) is 0 Å². The van der Waals surface area contributed by atoms with E-state index in [0.717, 1.165) is 23.2 Å². The van der Waals surface area contributed by atoms with Crippen molar-refractivity contribution >= 4 is 16.5 Å². The van der Waals surface area contributed by atoms with Crippen LogP contribution in [-0.4, -0.2) is 23.3 Å². The summed E-state index contributed by atoms with van der Waals surface area (Å²) in [5, 5.41) is 10.8. The molecule has 0 bridgehead atoms.